The lowest BCUT2D eigenvalue weighted by Crippen LogP contribution is -2.15. The molecule has 2 aromatic rings. The van der Waals surface area contributed by atoms with Gasteiger partial charge in [0.25, 0.3) is 0 Å². The number of rotatable bonds is 5. The molecule has 0 atom stereocenters. The molecular formula is C14H17N3O2. The first-order chi connectivity index (χ1) is 9.08. The highest BCUT2D eigenvalue weighted by Gasteiger charge is 2.12. The molecule has 0 aliphatic carbocycles. The van der Waals surface area contributed by atoms with Gasteiger partial charge in [-0.2, -0.15) is 0 Å². The molecule has 1 aromatic heterocycles. The number of nitrogens with one attached hydrogen (secondary N) is 1. The van der Waals surface area contributed by atoms with E-state index in [0.29, 0.717) is 13.0 Å². The van der Waals surface area contributed by atoms with Gasteiger partial charge in [-0.3, -0.25) is 10.1 Å². The minimum Gasteiger partial charge on any atom is -0.361 e. The Morgan fingerprint density at radius 2 is 2.16 bits per heavy atom. The molecule has 0 bridgehead atoms. The Labute approximate surface area is 111 Å². The van der Waals surface area contributed by atoms with Crippen LogP contribution in [0.25, 0.3) is 17.0 Å². The number of hydrogen-bond donors (Lipinski definition) is 1. The van der Waals surface area contributed by atoms with Crippen molar-refractivity contribution in [2.45, 2.75) is 6.42 Å². The van der Waals surface area contributed by atoms with Gasteiger partial charge in [-0.05, 0) is 20.2 Å². The molecule has 0 radical (unpaired) electrons. The van der Waals surface area contributed by atoms with E-state index < -0.39 is 0 Å². The summed E-state index contributed by atoms with van der Waals surface area (Å²) in [6.45, 7) is 0.662. The van der Waals surface area contributed by atoms with Crippen LogP contribution in [0.15, 0.2) is 36.2 Å². The molecule has 1 N–H and O–H groups in total. The molecule has 0 saturated heterocycles. The average Bonchev–Trinajstić information content (AvgIpc) is 2.77. The fourth-order valence-electron chi connectivity index (χ4n) is 1.95. The van der Waals surface area contributed by atoms with Crippen molar-refractivity contribution in [3.63, 3.8) is 0 Å². The Kier molecular flexibility index (Phi) is 3.97. The van der Waals surface area contributed by atoms with Gasteiger partial charge in [0.05, 0.1) is 11.3 Å². The molecule has 1 heterocycles. The van der Waals surface area contributed by atoms with Gasteiger partial charge in [0.15, 0.2) is 0 Å². The molecule has 19 heavy (non-hydrogen) atoms. The smallest absolute Gasteiger partial charge is 0.248 e. The molecule has 0 aliphatic rings. The van der Waals surface area contributed by atoms with Crippen molar-refractivity contribution in [3.05, 3.63) is 51.8 Å². The van der Waals surface area contributed by atoms with E-state index in [2.05, 4.69) is 4.98 Å². The average molecular weight is 259 g/mol. The Morgan fingerprint density at radius 3 is 2.84 bits per heavy atom. The predicted molar refractivity (Wildman–Crippen MR) is 76.4 cm³/mol. The number of H-pyrrole nitrogens is 1. The number of aromatic nitrogens is 1. The van der Waals surface area contributed by atoms with Gasteiger partial charge in [0.1, 0.15) is 0 Å². The molecule has 0 aliphatic heterocycles. The van der Waals surface area contributed by atoms with E-state index in [4.69, 9.17) is 0 Å². The first-order valence-electron chi connectivity index (χ1n) is 6.14. The SMILES string of the molecule is CN(C)CC/C(=C\c1c[nH]c2ccccc12)[N+](=O)[O-]. The maximum atomic E-state index is 11.1. The van der Waals surface area contributed by atoms with Crippen molar-refractivity contribution >= 4 is 17.0 Å². The summed E-state index contributed by atoms with van der Waals surface area (Å²) in [7, 11) is 3.81. The monoisotopic (exact) mass is 259 g/mol. The molecule has 2 rings (SSSR count). The van der Waals surface area contributed by atoms with Crippen LogP contribution < -0.4 is 0 Å². The Balaban J connectivity index is 2.32. The van der Waals surface area contributed by atoms with Crippen LogP contribution in [0.4, 0.5) is 0 Å². The van der Waals surface area contributed by atoms with Gasteiger partial charge < -0.3 is 9.88 Å². The first kappa shape index (κ1) is 13.3. The minimum absolute atomic E-state index is 0.235. The molecule has 0 spiro atoms. The second kappa shape index (κ2) is 5.67. The van der Waals surface area contributed by atoms with E-state index in [0.717, 1.165) is 16.5 Å². The second-order valence-corrected chi connectivity index (χ2v) is 4.74. The predicted octanol–water partition coefficient (Wildman–Crippen LogP) is 2.74. The van der Waals surface area contributed by atoms with Crippen LogP contribution in [-0.2, 0) is 0 Å². The summed E-state index contributed by atoms with van der Waals surface area (Å²) in [5, 5.41) is 12.1. The molecule has 0 fully saturated rings. The van der Waals surface area contributed by atoms with Crippen LogP contribution in [0.1, 0.15) is 12.0 Å². The van der Waals surface area contributed by atoms with Gasteiger partial charge in [-0.15, -0.1) is 0 Å². The third kappa shape index (κ3) is 3.20. The third-order valence-electron chi connectivity index (χ3n) is 2.99. The van der Waals surface area contributed by atoms with Gasteiger partial charge in [0.2, 0.25) is 5.70 Å². The number of para-hydroxylation sites is 1. The fraction of sp³-hybridized carbons (Fsp3) is 0.286. The second-order valence-electron chi connectivity index (χ2n) is 4.74. The normalized spacial score (nSPS) is 12.3. The van der Waals surface area contributed by atoms with E-state index in [1.807, 2.05) is 49.5 Å². The van der Waals surface area contributed by atoms with E-state index in [9.17, 15) is 10.1 Å². The highest BCUT2D eigenvalue weighted by atomic mass is 16.6. The molecule has 1 aromatic carbocycles. The molecule has 5 heteroatoms. The summed E-state index contributed by atoms with van der Waals surface area (Å²) in [6, 6.07) is 7.78. The molecular weight excluding hydrogens is 242 g/mol. The maximum absolute atomic E-state index is 11.1. The first-order valence-corrected chi connectivity index (χ1v) is 6.14. The zero-order chi connectivity index (χ0) is 13.8. The van der Waals surface area contributed by atoms with Crippen molar-refractivity contribution in [2.75, 3.05) is 20.6 Å². The number of nitrogens with zero attached hydrogens (tertiary/aromatic N) is 2. The van der Waals surface area contributed by atoms with Crippen molar-refractivity contribution in [1.29, 1.82) is 0 Å². The van der Waals surface area contributed by atoms with Crippen LogP contribution in [0, 0.1) is 10.1 Å². The van der Waals surface area contributed by atoms with E-state index in [1.165, 1.54) is 0 Å². The minimum atomic E-state index is -0.300. The van der Waals surface area contributed by atoms with Crippen molar-refractivity contribution in [1.82, 2.24) is 9.88 Å². The van der Waals surface area contributed by atoms with Crippen LogP contribution in [-0.4, -0.2) is 35.4 Å². The Bertz CT molecular complexity index is 614. The molecule has 100 valence electrons. The zero-order valence-corrected chi connectivity index (χ0v) is 11.1. The lowest BCUT2D eigenvalue weighted by Gasteiger charge is -2.07. The summed E-state index contributed by atoms with van der Waals surface area (Å²) in [6.07, 6.45) is 3.89. The lowest BCUT2D eigenvalue weighted by molar-refractivity contribution is -0.426. The largest absolute Gasteiger partial charge is 0.361 e. The van der Waals surface area contributed by atoms with E-state index in [-0.39, 0.29) is 10.6 Å². The Hall–Kier alpha value is -2.14. The summed E-state index contributed by atoms with van der Waals surface area (Å²) in [5.74, 6) is 0. The molecule has 0 saturated carbocycles. The number of aromatic amines is 1. The van der Waals surface area contributed by atoms with Crippen molar-refractivity contribution in [3.8, 4) is 0 Å². The standard InChI is InChI=1S/C14H17N3O2/c1-16(2)8-7-12(17(18)19)9-11-10-15-14-6-4-3-5-13(11)14/h3-6,9-10,15H,7-8H2,1-2H3/b12-9+. The lowest BCUT2D eigenvalue weighted by atomic mass is 10.1. The summed E-state index contributed by atoms with van der Waals surface area (Å²) in [4.78, 5) is 15.8. The quantitative estimate of drug-likeness (QED) is 0.663. The van der Waals surface area contributed by atoms with E-state index >= 15 is 0 Å². The van der Waals surface area contributed by atoms with Crippen LogP contribution >= 0.6 is 0 Å². The number of benzene rings is 1. The van der Waals surface area contributed by atoms with Crippen LogP contribution in [0.3, 0.4) is 0 Å². The summed E-state index contributed by atoms with van der Waals surface area (Å²) < 4.78 is 0. The van der Waals surface area contributed by atoms with Crippen molar-refractivity contribution in [2.24, 2.45) is 0 Å². The summed E-state index contributed by atoms with van der Waals surface area (Å²) >= 11 is 0. The van der Waals surface area contributed by atoms with Gasteiger partial charge in [-0.25, -0.2) is 0 Å². The molecule has 0 amide bonds. The van der Waals surface area contributed by atoms with Crippen LogP contribution in [0.2, 0.25) is 0 Å². The van der Waals surface area contributed by atoms with Gasteiger partial charge in [0, 0.05) is 35.3 Å². The topological polar surface area (TPSA) is 62.2 Å². The number of hydrogen-bond acceptors (Lipinski definition) is 3. The highest BCUT2D eigenvalue weighted by molar-refractivity contribution is 5.88. The Morgan fingerprint density at radius 1 is 1.42 bits per heavy atom. The number of nitro groups is 1. The highest BCUT2D eigenvalue weighted by Crippen LogP contribution is 2.21. The van der Waals surface area contributed by atoms with Crippen molar-refractivity contribution < 1.29 is 4.92 Å². The maximum Gasteiger partial charge on any atom is 0.248 e. The summed E-state index contributed by atoms with van der Waals surface area (Å²) in [5.41, 5.74) is 2.09. The fourth-order valence-corrected chi connectivity index (χ4v) is 1.95. The van der Waals surface area contributed by atoms with E-state index in [1.54, 1.807) is 6.08 Å². The van der Waals surface area contributed by atoms with Gasteiger partial charge in [-0.1, -0.05) is 18.2 Å². The number of fused-ring (bicyclic) bond motifs is 1. The molecule has 5 nitrogen and oxygen atoms in total. The van der Waals surface area contributed by atoms with Gasteiger partial charge >= 0.3 is 0 Å². The van der Waals surface area contributed by atoms with Crippen LogP contribution in [0.5, 0.6) is 0 Å². The molecule has 0 unspecified atom stereocenters. The zero-order valence-electron chi connectivity index (χ0n) is 11.1. The third-order valence-corrected chi connectivity index (χ3v) is 2.99.